The van der Waals surface area contributed by atoms with Gasteiger partial charge in [-0.2, -0.15) is 0 Å². The molecule has 2 saturated heterocycles. The van der Waals surface area contributed by atoms with Crippen LogP contribution in [0.25, 0.3) is 6.08 Å². The first-order valence-corrected chi connectivity index (χ1v) is 13.3. The van der Waals surface area contributed by atoms with Gasteiger partial charge in [0.05, 0.1) is 25.4 Å². The van der Waals surface area contributed by atoms with Crippen LogP contribution in [0.4, 0.5) is 0 Å². The highest BCUT2D eigenvalue weighted by atomic mass is 16.5. The lowest BCUT2D eigenvalue weighted by atomic mass is 9.95. The van der Waals surface area contributed by atoms with Crippen LogP contribution in [0.15, 0.2) is 66.7 Å². The Bertz CT molecular complexity index is 1080. The summed E-state index contributed by atoms with van der Waals surface area (Å²) >= 11 is 0. The molecular formula is C30H38O10. The van der Waals surface area contributed by atoms with Gasteiger partial charge in [-0.1, -0.05) is 66.7 Å². The van der Waals surface area contributed by atoms with Crippen molar-refractivity contribution in [2.24, 2.45) is 0 Å². The van der Waals surface area contributed by atoms with E-state index in [9.17, 15) is 40.2 Å². The third-order valence-electron chi connectivity index (χ3n) is 6.84. The molecule has 6 N–H and O–H groups in total. The second kappa shape index (κ2) is 15.8. The van der Waals surface area contributed by atoms with E-state index in [1.54, 1.807) is 6.08 Å². The van der Waals surface area contributed by atoms with E-state index in [-0.39, 0.29) is 37.6 Å². The van der Waals surface area contributed by atoms with Crippen LogP contribution in [0, 0.1) is 0 Å². The fourth-order valence-corrected chi connectivity index (χ4v) is 4.37. The van der Waals surface area contributed by atoms with Crippen LogP contribution >= 0.6 is 0 Å². The van der Waals surface area contributed by atoms with Gasteiger partial charge in [0.2, 0.25) is 0 Å². The van der Waals surface area contributed by atoms with Crippen LogP contribution in [0.5, 0.6) is 0 Å². The second-order valence-corrected chi connectivity index (χ2v) is 9.98. The first-order chi connectivity index (χ1) is 19.2. The summed E-state index contributed by atoms with van der Waals surface area (Å²) in [5, 5.41) is 57.2. The Morgan fingerprint density at radius 2 is 1.20 bits per heavy atom. The fraction of sp³-hybridized carbons (Fsp3) is 0.467. The Morgan fingerprint density at radius 1 is 0.700 bits per heavy atom. The zero-order valence-electron chi connectivity index (χ0n) is 22.1. The molecule has 0 spiro atoms. The van der Waals surface area contributed by atoms with Gasteiger partial charge in [0.15, 0.2) is 5.78 Å². The highest BCUT2D eigenvalue weighted by Gasteiger charge is 2.39. The highest BCUT2D eigenvalue weighted by Crippen LogP contribution is 2.20. The lowest BCUT2D eigenvalue weighted by molar-refractivity contribution is -0.189. The number of rotatable bonds is 9. The van der Waals surface area contributed by atoms with Crippen molar-refractivity contribution in [2.45, 2.75) is 74.5 Å². The number of carbonyl (C=O) groups is 2. The Labute approximate surface area is 233 Å². The minimum atomic E-state index is -1.28. The molecule has 0 radical (unpaired) electrons. The summed E-state index contributed by atoms with van der Waals surface area (Å²) in [4.78, 5) is 23.7. The van der Waals surface area contributed by atoms with Crippen molar-refractivity contribution in [2.75, 3.05) is 13.2 Å². The largest absolute Gasteiger partial charge is 0.388 e. The number of allylic oxidation sites excluding steroid dienone is 1. The molecule has 40 heavy (non-hydrogen) atoms. The molecular weight excluding hydrogens is 520 g/mol. The molecule has 10 heteroatoms. The molecule has 0 amide bonds. The summed E-state index contributed by atoms with van der Waals surface area (Å²) in [6.45, 7) is -0.145. The lowest BCUT2D eigenvalue weighted by Gasteiger charge is -2.34. The van der Waals surface area contributed by atoms with Gasteiger partial charge in [0.1, 0.15) is 42.4 Å². The van der Waals surface area contributed by atoms with E-state index in [1.165, 1.54) is 6.08 Å². The lowest BCUT2D eigenvalue weighted by Crippen LogP contribution is -2.53. The number of aryl methyl sites for hydroxylation is 1. The summed E-state index contributed by atoms with van der Waals surface area (Å²) in [7, 11) is 0. The topological polar surface area (TPSA) is 174 Å². The van der Waals surface area contributed by atoms with Gasteiger partial charge >= 0.3 is 0 Å². The van der Waals surface area contributed by atoms with Gasteiger partial charge in [0, 0.05) is 19.3 Å². The maximum absolute atomic E-state index is 11.9. The van der Waals surface area contributed by atoms with Crippen LogP contribution in [-0.4, -0.2) is 104 Å². The number of benzene rings is 2. The molecule has 8 unspecified atom stereocenters. The Balaban J connectivity index is 0.000000220. The number of ether oxygens (including phenoxy) is 2. The molecule has 2 aromatic rings. The van der Waals surface area contributed by atoms with Gasteiger partial charge in [-0.3, -0.25) is 9.59 Å². The van der Waals surface area contributed by atoms with Gasteiger partial charge in [0.25, 0.3) is 0 Å². The van der Waals surface area contributed by atoms with Crippen LogP contribution in [0.3, 0.4) is 0 Å². The Kier molecular flexibility index (Phi) is 12.6. The number of aliphatic hydroxyl groups is 6. The molecule has 218 valence electrons. The average molecular weight is 559 g/mol. The number of hydrogen-bond acceptors (Lipinski definition) is 10. The predicted octanol–water partition coefficient (Wildman–Crippen LogP) is 0.200. The van der Waals surface area contributed by atoms with Gasteiger partial charge in [-0.15, -0.1) is 0 Å². The maximum atomic E-state index is 11.9. The Morgan fingerprint density at radius 3 is 1.75 bits per heavy atom. The standard InChI is InChI=1S/C15H20O5.C15H18O5/c2*16-11(7-6-10-4-2-1-3-5-10)8-13-15(19)14(18)12(17)9-20-13/h1-5,12-15,17-19H,6-9H2;1-7,12-15,17-19H,8-9H2/b;7-6+. The van der Waals surface area contributed by atoms with Crippen molar-refractivity contribution in [3.8, 4) is 0 Å². The SMILES string of the molecule is O=C(/C=C/c1ccccc1)CC1OCC(O)C(O)C1O.O=C(CCc1ccccc1)CC1OCC(O)C(O)C1O. The summed E-state index contributed by atoms with van der Waals surface area (Å²) in [5.41, 5.74) is 1.99. The maximum Gasteiger partial charge on any atom is 0.158 e. The van der Waals surface area contributed by atoms with Gasteiger partial charge in [-0.25, -0.2) is 0 Å². The third-order valence-corrected chi connectivity index (χ3v) is 6.84. The van der Waals surface area contributed by atoms with Crippen molar-refractivity contribution >= 4 is 17.6 Å². The van der Waals surface area contributed by atoms with Crippen molar-refractivity contribution in [3.05, 3.63) is 77.9 Å². The molecule has 10 nitrogen and oxygen atoms in total. The van der Waals surface area contributed by atoms with Crippen LogP contribution in [0.1, 0.15) is 30.4 Å². The monoisotopic (exact) mass is 558 g/mol. The third kappa shape index (κ3) is 9.69. The van der Waals surface area contributed by atoms with E-state index in [1.807, 2.05) is 60.7 Å². The quantitative estimate of drug-likeness (QED) is 0.233. The smallest absolute Gasteiger partial charge is 0.158 e. The molecule has 4 rings (SSSR count). The second-order valence-electron chi connectivity index (χ2n) is 9.98. The molecule has 0 aliphatic carbocycles. The van der Waals surface area contributed by atoms with Crippen LogP contribution in [0.2, 0.25) is 0 Å². The zero-order valence-corrected chi connectivity index (χ0v) is 22.1. The van der Waals surface area contributed by atoms with E-state index in [2.05, 4.69) is 0 Å². The van der Waals surface area contributed by atoms with E-state index in [4.69, 9.17) is 9.47 Å². The van der Waals surface area contributed by atoms with Gasteiger partial charge < -0.3 is 40.1 Å². The highest BCUT2D eigenvalue weighted by molar-refractivity contribution is 5.93. The van der Waals surface area contributed by atoms with E-state index in [0.29, 0.717) is 12.8 Å². The number of Topliss-reactive ketones (excluding diaryl/α,β-unsaturated/α-hetero) is 1. The molecule has 2 aromatic carbocycles. The van der Waals surface area contributed by atoms with Crippen molar-refractivity contribution < 1.29 is 49.7 Å². The fourth-order valence-electron chi connectivity index (χ4n) is 4.37. The number of hydrogen-bond donors (Lipinski definition) is 6. The minimum Gasteiger partial charge on any atom is -0.388 e. The molecule has 2 fully saturated rings. The Hall–Kier alpha value is -2.80. The molecule has 2 aliphatic rings. The summed E-state index contributed by atoms with van der Waals surface area (Å²) in [6.07, 6.45) is -4.61. The molecule has 0 aromatic heterocycles. The van der Waals surface area contributed by atoms with E-state index >= 15 is 0 Å². The van der Waals surface area contributed by atoms with Crippen LogP contribution in [-0.2, 0) is 25.5 Å². The predicted molar refractivity (Wildman–Crippen MR) is 145 cm³/mol. The van der Waals surface area contributed by atoms with Gasteiger partial charge in [-0.05, 0) is 23.6 Å². The number of aliphatic hydroxyl groups excluding tert-OH is 6. The average Bonchev–Trinajstić information content (AvgIpc) is 2.97. The first kappa shape index (κ1) is 31.7. The molecule has 2 aliphatic heterocycles. The summed E-state index contributed by atoms with van der Waals surface area (Å²) < 4.78 is 10.4. The number of ketones is 2. The zero-order chi connectivity index (χ0) is 29.1. The van der Waals surface area contributed by atoms with Crippen molar-refractivity contribution in [1.29, 1.82) is 0 Å². The first-order valence-electron chi connectivity index (χ1n) is 13.3. The summed E-state index contributed by atoms with van der Waals surface area (Å²) in [6, 6.07) is 19.1. The minimum absolute atomic E-state index is 0.0264. The van der Waals surface area contributed by atoms with Crippen molar-refractivity contribution in [3.63, 3.8) is 0 Å². The van der Waals surface area contributed by atoms with E-state index < -0.39 is 48.8 Å². The normalized spacial score (nSPS) is 30.4. The molecule has 2 heterocycles. The van der Waals surface area contributed by atoms with Crippen molar-refractivity contribution in [1.82, 2.24) is 0 Å². The summed E-state index contributed by atoms with van der Waals surface area (Å²) in [5.74, 6) is -0.233. The number of carbonyl (C=O) groups excluding carboxylic acids is 2. The molecule has 0 bridgehead atoms. The molecule has 8 atom stereocenters. The van der Waals surface area contributed by atoms with E-state index in [0.717, 1.165) is 11.1 Å². The molecule has 0 saturated carbocycles. The van der Waals surface area contributed by atoms with Crippen LogP contribution < -0.4 is 0 Å².